The van der Waals surface area contributed by atoms with Gasteiger partial charge in [-0.15, -0.1) is 0 Å². The molecule has 2 fully saturated rings. The zero-order valence-corrected chi connectivity index (χ0v) is 24.2. The van der Waals surface area contributed by atoms with E-state index in [2.05, 4.69) is 15.3 Å². The van der Waals surface area contributed by atoms with Gasteiger partial charge in [0.1, 0.15) is 11.8 Å². The summed E-state index contributed by atoms with van der Waals surface area (Å²) in [5.74, 6) is -0.202. The van der Waals surface area contributed by atoms with Gasteiger partial charge in [0.2, 0.25) is 11.8 Å². The average Bonchev–Trinajstić information content (AvgIpc) is 3.67. The third-order valence-electron chi connectivity index (χ3n) is 8.90. The number of hydrogen-bond acceptors (Lipinski definition) is 8. The standard InChI is InChI=1S/C29H28ClN5O6S/c30-19-2-1-3-20(12-19)42(39,40)35-15-18(13-31-35)14-33-10-8-29(9-11-33)17-41-26-22-16-34(24-6-7-25(36)32-27(24)37)28(38)21(22)4-5-23(26)29/h1-5,12-13,15,24H,6-11,14,16-17H2,(H,32,36,37)/t24-/m0/s1. The van der Waals surface area contributed by atoms with E-state index in [0.717, 1.165) is 52.5 Å². The van der Waals surface area contributed by atoms with Crippen molar-refractivity contribution in [3.63, 3.8) is 0 Å². The first-order chi connectivity index (χ1) is 20.1. The Balaban J connectivity index is 1.04. The molecule has 3 aromatic rings. The number of halogens is 1. The Hall–Kier alpha value is -3.74. The topological polar surface area (TPSA) is 131 Å². The van der Waals surface area contributed by atoms with E-state index in [-0.39, 0.29) is 35.1 Å². The number of nitrogens with one attached hydrogen (secondary N) is 1. The average molecular weight is 610 g/mol. The van der Waals surface area contributed by atoms with Crippen molar-refractivity contribution in [1.29, 1.82) is 0 Å². The quantitative estimate of drug-likeness (QED) is 0.437. The fourth-order valence-electron chi connectivity index (χ4n) is 6.58. The first-order valence-corrected chi connectivity index (χ1v) is 15.7. The lowest BCUT2D eigenvalue weighted by Gasteiger charge is -2.38. The van der Waals surface area contributed by atoms with E-state index in [4.69, 9.17) is 16.3 Å². The van der Waals surface area contributed by atoms with Crippen molar-refractivity contribution in [2.24, 2.45) is 0 Å². The van der Waals surface area contributed by atoms with Gasteiger partial charge in [-0.05, 0) is 56.6 Å². The van der Waals surface area contributed by atoms with Crippen molar-refractivity contribution < 1.29 is 27.5 Å². The van der Waals surface area contributed by atoms with Gasteiger partial charge in [-0.3, -0.25) is 24.6 Å². The van der Waals surface area contributed by atoms with Crippen LogP contribution in [0.4, 0.5) is 0 Å². The highest BCUT2D eigenvalue weighted by atomic mass is 35.5. The van der Waals surface area contributed by atoms with Gasteiger partial charge >= 0.3 is 0 Å². The number of aromatic nitrogens is 2. The van der Waals surface area contributed by atoms with Gasteiger partial charge < -0.3 is 9.64 Å². The monoisotopic (exact) mass is 609 g/mol. The van der Waals surface area contributed by atoms with Crippen LogP contribution in [-0.2, 0) is 38.1 Å². The maximum absolute atomic E-state index is 13.2. The molecular weight excluding hydrogens is 582 g/mol. The Labute approximate surface area is 247 Å². The zero-order valence-electron chi connectivity index (χ0n) is 22.6. The van der Waals surface area contributed by atoms with Crippen LogP contribution in [-0.4, -0.2) is 70.9 Å². The van der Waals surface area contributed by atoms with E-state index >= 15 is 0 Å². The molecule has 1 atom stereocenters. The summed E-state index contributed by atoms with van der Waals surface area (Å²) in [6.45, 7) is 2.94. The molecule has 11 nitrogen and oxygen atoms in total. The molecule has 1 aromatic heterocycles. The highest BCUT2D eigenvalue weighted by molar-refractivity contribution is 7.89. The number of piperidine rings is 2. The third-order valence-corrected chi connectivity index (χ3v) is 10.7. The number of ether oxygens (including phenoxy) is 1. The number of imide groups is 1. The van der Waals surface area contributed by atoms with Crippen LogP contribution in [0.2, 0.25) is 5.02 Å². The Morgan fingerprint density at radius 3 is 2.69 bits per heavy atom. The summed E-state index contributed by atoms with van der Waals surface area (Å²) in [5.41, 5.74) is 3.09. The van der Waals surface area contributed by atoms with Gasteiger partial charge in [-0.25, -0.2) is 0 Å². The Kier molecular flexibility index (Phi) is 6.41. The first-order valence-electron chi connectivity index (χ1n) is 13.9. The van der Waals surface area contributed by atoms with Gasteiger partial charge in [0.15, 0.2) is 0 Å². The van der Waals surface area contributed by atoms with Gasteiger partial charge in [0.05, 0.1) is 24.2 Å². The van der Waals surface area contributed by atoms with Crippen LogP contribution in [0.25, 0.3) is 0 Å². The van der Waals surface area contributed by atoms with E-state index in [0.29, 0.717) is 30.2 Å². The summed E-state index contributed by atoms with van der Waals surface area (Å²) in [7, 11) is -3.84. The summed E-state index contributed by atoms with van der Waals surface area (Å²) in [5, 5.41) is 6.80. The van der Waals surface area contributed by atoms with Gasteiger partial charge in [0, 0.05) is 51.9 Å². The zero-order chi connectivity index (χ0) is 29.2. The lowest BCUT2D eigenvalue weighted by atomic mass is 9.74. The lowest BCUT2D eigenvalue weighted by Crippen LogP contribution is -2.52. The number of rotatable bonds is 5. The minimum atomic E-state index is -3.84. The van der Waals surface area contributed by atoms with Crippen molar-refractivity contribution in [3.05, 3.63) is 76.1 Å². The number of benzene rings is 2. The van der Waals surface area contributed by atoms with Gasteiger partial charge in [-0.2, -0.15) is 17.6 Å². The molecule has 1 N–H and O–H groups in total. The highest BCUT2D eigenvalue weighted by Crippen LogP contribution is 2.49. The van der Waals surface area contributed by atoms with Crippen LogP contribution in [0.5, 0.6) is 5.75 Å². The van der Waals surface area contributed by atoms with Crippen LogP contribution in [0.15, 0.2) is 53.7 Å². The molecule has 1 spiro atoms. The second-order valence-corrected chi connectivity index (χ2v) is 13.6. The Morgan fingerprint density at radius 2 is 1.93 bits per heavy atom. The minimum absolute atomic E-state index is 0.0814. The second-order valence-electron chi connectivity index (χ2n) is 11.4. The molecule has 3 amide bonds. The predicted octanol–water partition coefficient (Wildman–Crippen LogP) is 2.46. The smallest absolute Gasteiger partial charge is 0.283 e. The van der Waals surface area contributed by atoms with Crippen molar-refractivity contribution >= 4 is 39.3 Å². The fourth-order valence-corrected chi connectivity index (χ4v) is 8.03. The van der Waals surface area contributed by atoms with Crippen molar-refractivity contribution in [1.82, 2.24) is 24.3 Å². The predicted molar refractivity (Wildman–Crippen MR) is 150 cm³/mol. The number of carbonyl (C=O) groups excluding carboxylic acids is 3. The summed E-state index contributed by atoms with van der Waals surface area (Å²) in [6, 6.07) is 9.28. The molecule has 7 rings (SSSR count). The Morgan fingerprint density at radius 1 is 1.12 bits per heavy atom. The fraction of sp³-hybridized carbons (Fsp3) is 0.379. The van der Waals surface area contributed by atoms with Crippen LogP contribution < -0.4 is 10.1 Å². The Bertz CT molecular complexity index is 1750. The number of carbonyl (C=O) groups is 3. The summed E-state index contributed by atoms with van der Waals surface area (Å²) >= 11 is 5.99. The van der Waals surface area contributed by atoms with Crippen molar-refractivity contribution in [2.45, 2.75) is 55.1 Å². The number of nitrogens with zero attached hydrogens (tertiary/aromatic N) is 4. The van der Waals surface area contributed by atoms with Crippen LogP contribution in [0.3, 0.4) is 0 Å². The normalized spacial score (nSPS) is 21.8. The second kappa shape index (κ2) is 9.92. The molecule has 0 radical (unpaired) electrons. The van der Waals surface area contributed by atoms with E-state index in [9.17, 15) is 22.8 Å². The SMILES string of the molecule is O=C1CC[C@H](N2Cc3c(ccc4c3OCC43CCN(Cc4cnn(S(=O)(=O)c5cccc(Cl)c5)c4)CC3)C2=O)C(=O)N1. The van der Waals surface area contributed by atoms with E-state index in [1.165, 1.54) is 12.1 Å². The molecular formula is C29H28ClN5O6S. The van der Waals surface area contributed by atoms with Crippen molar-refractivity contribution in [3.8, 4) is 5.75 Å². The number of hydrogen-bond donors (Lipinski definition) is 1. The molecule has 42 heavy (non-hydrogen) atoms. The van der Waals surface area contributed by atoms with Crippen LogP contribution in [0.1, 0.15) is 52.7 Å². The van der Waals surface area contributed by atoms with E-state index in [1.54, 1.807) is 29.4 Å². The van der Waals surface area contributed by atoms with Gasteiger partial charge in [0.25, 0.3) is 15.9 Å². The lowest BCUT2D eigenvalue weighted by molar-refractivity contribution is -0.136. The minimum Gasteiger partial charge on any atom is -0.492 e. The first kappa shape index (κ1) is 27.1. The largest absolute Gasteiger partial charge is 0.492 e. The molecule has 4 aliphatic heterocycles. The third kappa shape index (κ3) is 4.40. The number of fused-ring (bicyclic) bond motifs is 4. The highest BCUT2D eigenvalue weighted by Gasteiger charge is 2.47. The van der Waals surface area contributed by atoms with Crippen LogP contribution >= 0.6 is 11.6 Å². The number of likely N-dealkylation sites (tertiary alicyclic amines) is 1. The molecule has 0 saturated carbocycles. The van der Waals surface area contributed by atoms with Crippen LogP contribution in [0, 0.1) is 0 Å². The molecule has 0 bridgehead atoms. The van der Waals surface area contributed by atoms with E-state index in [1.807, 2.05) is 12.1 Å². The summed E-state index contributed by atoms with van der Waals surface area (Å²) < 4.78 is 33.2. The summed E-state index contributed by atoms with van der Waals surface area (Å²) in [6.07, 6.45) is 5.34. The maximum Gasteiger partial charge on any atom is 0.283 e. The molecule has 4 aliphatic rings. The van der Waals surface area contributed by atoms with E-state index < -0.39 is 22.0 Å². The van der Waals surface area contributed by atoms with Crippen molar-refractivity contribution in [2.75, 3.05) is 19.7 Å². The molecule has 13 heteroatoms. The number of amides is 3. The summed E-state index contributed by atoms with van der Waals surface area (Å²) in [4.78, 5) is 41.2. The molecule has 2 saturated heterocycles. The molecule has 2 aromatic carbocycles. The molecule has 0 aliphatic carbocycles. The maximum atomic E-state index is 13.2. The molecule has 5 heterocycles. The molecule has 0 unspecified atom stereocenters. The molecule has 218 valence electrons. The van der Waals surface area contributed by atoms with Gasteiger partial charge in [-0.1, -0.05) is 23.7 Å².